The van der Waals surface area contributed by atoms with Crippen molar-refractivity contribution in [2.75, 3.05) is 6.61 Å². The fraction of sp³-hybridized carbons (Fsp3) is 0.133. The first-order chi connectivity index (χ1) is 9.26. The van der Waals surface area contributed by atoms with Crippen LogP contribution in [0.2, 0.25) is 0 Å². The molecule has 96 valence electrons. The molecule has 0 bridgehead atoms. The summed E-state index contributed by atoms with van der Waals surface area (Å²) in [6.45, 7) is 2.61. The molecule has 0 unspecified atom stereocenters. The number of nitrogens with one attached hydrogen (secondary N) is 1. The van der Waals surface area contributed by atoms with Crippen LogP contribution >= 0.6 is 0 Å². The summed E-state index contributed by atoms with van der Waals surface area (Å²) in [7, 11) is 0. The van der Waals surface area contributed by atoms with E-state index < -0.39 is 0 Å². The van der Waals surface area contributed by atoms with Crippen molar-refractivity contribution in [2.24, 2.45) is 0 Å². The summed E-state index contributed by atoms with van der Waals surface area (Å²) in [6, 6.07) is 12.9. The molecule has 0 aliphatic carbocycles. The Hall–Kier alpha value is -2.49. The smallest absolute Gasteiger partial charge is 0.138 e. The van der Waals surface area contributed by atoms with Gasteiger partial charge in [0.25, 0.3) is 0 Å². The maximum Gasteiger partial charge on any atom is 0.138 e. The Morgan fingerprint density at radius 3 is 2.68 bits per heavy atom. The van der Waals surface area contributed by atoms with Gasteiger partial charge < -0.3 is 14.8 Å². The van der Waals surface area contributed by atoms with E-state index in [9.17, 15) is 5.11 Å². The summed E-state index contributed by atoms with van der Waals surface area (Å²) in [5, 5.41) is 9.44. The van der Waals surface area contributed by atoms with Gasteiger partial charge in [-0.1, -0.05) is 0 Å². The summed E-state index contributed by atoms with van der Waals surface area (Å²) in [5.74, 6) is 1.86. The van der Waals surface area contributed by atoms with E-state index in [-0.39, 0.29) is 5.75 Å². The van der Waals surface area contributed by atoms with Gasteiger partial charge in [0.15, 0.2) is 0 Å². The molecule has 3 aromatic rings. The highest BCUT2D eigenvalue weighted by Crippen LogP contribution is 2.24. The highest BCUT2D eigenvalue weighted by Gasteiger charge is 2.06. The topological polar surface area (TPSA) is 58.1 Å². The van der Waals surface area contributed by atoms with E-state index in [0.717, 1.165) is 28.2 Å². The predicted octanol–water partition coefficient (Wildman–Crippen LogP) is 3.33. The van der Waals surface area contributed by atoms with Crippen molar-refractivity contribution in [3.8, 4) is 22.9 Å². The van der Waals surface area contributed by atoms with Crippen molar-refractivity contribution in [3.63, 3.8) is 0 Å². The van der Waals surface area contributed by atoms with Gasteiger partial charge in [0.2, 0.25) is 0 Å². The molecule has 2 aromatic carbocycles. The lowest BCUT2D eigenvalue weighted by atomic mass is 10.2. The second-order valence-electron chi connectivity index (χ2n) is 4.24. The number of hydrogen-bond acceptors (Lipinski definition) is 3. The second kappa shape index (κ2) is 4.65. The van der Waals surface area contributed by atoms with Crippen LogP contribution in [-0.4, -0.2) is 21.7 Å². The number of rotatable bonds is 3. The van der Waals surface area contributed by atoms with E-state index in [1.165, 1.54) is 0 Å². The summed E-state index contributed by atoms with van der Waals surface area (Å²) >= 11 is 0. The van der Waals surface area contributed by atoms with Crippen LogP contribution in [0.25, 0.3) is 22.4 Å². The molecular weight excluding hydrogens is 240 g/mol. The zero-order chi connectivity index (χ0) is 13.2. The number of fused-ring (bicyclic) bond motifs is 1. The third kappa shape index (κ3) is 2.25. The molecule has 19 heavy (non-hydrogen) atoms. The summed E-state index contributed by atoms with van der Waals surface area (Å²) in [6.07, 6.45) is 0. The number of phenolic OH excluding ortho intramolecular Hbond substituents is 1. The molecule has 0 radical (unpaired) electrons. The minimum atomic E-state index is 0.231. The number of phenols is 1. The first-order valence-electron chi connectivity index (χ1n) is 6.18. The number of nitrogens with zero attached hydrogens (tertiary/aromatic N) is 1. The third-order valence-electron chi connectivity index (χ3n) is 2.90. The van der Waals surface area contributed by atoms with Crippen molar-refractivity contribution < 1.29 is 9.84 Å². The number of imidazole rings is 1. The van der Waals surface area contributed by atoms with Crippen molar-refractivity contribution in [2.45, 2.75) is 6.92 Å². The number of hydrogen-bond donors (Lipinski definition) is 2. The SMILES string of the molecule is CCOc1ccc(-c2nc3ccc(O)cc3[nH]2)cc1. The van der Waals surface area contributed by atoms with Gasteiger partial charge in [-0.25, -0.2) is 4.98 Å². The van der Waals surface area contributed by atoms with Crippen molar-refractivity contribution in [1.82, 2.24) is 9.97 Å². The summed E-state index contributed by atoms with van der Waals surface area (Å²) in [4.78, 5) is 7.68. The van der Waals surface area contributed by atoms with Crippen molar-refractivity contribution in [3.05, 3.63) is 42.5 Å². The second-order valence-corrected chi connectivity index (χ2v) is 4.24. The Bertz CT molecular complexity index is 702. The minimum absolute atomic E-state index is 0.231. The van der Waals surface area contributed by atoms with Crippen molar-refractivity contribution in [1.29, 1.82) is 0 Å². The number of H-pyrrole nitrogens is 1. The Balaban J connectivity index is 1.99. The number of aromatic hydroxyl groups is 1. The maximum absolute atomic E-state index is 9.44. The monoisotopic (exact) mass is 254 g/mol. The molecule has 0 aliphatic heterocycles. The molecule has 0 aliphatic rings. The molecule has 4 heteroatoms. The normalized spacial score (nSPS) is 10.8. The molecule has 2 N–H and O–H groups in total. The van der Waals surface area contributed by atoms with Gasteiger partial charge in [0.1, 0.15) is 17.3 Å². The highest BCUT2D eigenvalue weighted by atomic mass is 16.5. The number of aromatic amines is 1. The molecule has 0 saturated carbocycles. The van der Waals surface area contributed by atoms with Gasteiger partial charge in [-0.05, 0) is 43.3 Å². The lowest BCUT2D eigenvalue weighted by Crippen LogP contribution is -1.90. The highest BCUT2D eigenvalue weighted by molar-refractivity contribution is 5.80. The number of benzene rings is 2. The molecule has 0 spiro atoms. The zero-order valence-electron chi connectivity index (χ0n) is 10.6. The third-order valence-corrected chi connectivity index (χ3v) is 2.90. The van der Waals surface area contributed by atoms with Crippen LogP contribution in [0.1, 0.15) is 6.92 Å². The van der Waals surface area contributed by atoms with E-state index in [4.69, 9.17) is 4.74 Å². The summed E-state index contributed by atoms with van der Waals surface area (Å²) in [5.41, 5.74) is 2.64. The van der Waals surface area contributed by atoms with Crippen LogP contribution < -0.4 is 4.74 Å². The quantitative estimate of drug-likeness (QED) is 0.753. The lowest BCUT2D eigenvalue weighted by Gasteiger charge is -2.02. The average molecular weight is 254 g/mol. The van der Waals surface area contributed by atoms with E-state index in [1.807, 2.05) is 31.2 Å². The lowest BCUT2D eigenvalue weighted by molar-refractivity contribution is 0.340. The van der Waals surface area contributed by atoms with Crippen LogP contribution in [-0.2, 0) is 0 Å². The Kier molecular flexibility index (Phi) is 2.83. The molecule has 0 saturated heterocycles. The molecule has 4 nitrogen and oxygen atoms in total. The van der Waals surface area contributed by atoms with Gasteiger partial charge in [-0.3, -0.25) is 0 Å². The molecule has 0 fully saturated rings. The molecule has 0 amide bonds. The van der Waals surface area contributed by atoms with Gasteiger partial charge in [0, 0.05) is 11.6 Å². The fourth-order valence-electron chi connectivity index (χ4n) is 2.01. The molecule has 3 rings (SSSR count). The van der Waals surface area contributed by atoms with E-state index in [0.29, 0.717) is 6.61 Å². The Morgan fingerprint density at radius 2 is 1.95 bits per heavy atom. The van der Waals surface area contributed by atoms with Crippen LogP contribution in [0.3, 0.4) is 0 Å². The number of aromatic nitrogens is 2. The molecule has 0 atom stereocenters. The first kappa shape index (κ1) is 11.6. The number of ether oxygens (including phenoxy) is 1. The van der Waals surface area contributed by atoms with Gasteiger partial charge in [-0.15, -0.1) is 0 Å². The van der Waals surface area contributed by atoms with Crippen LogP contribution in [0, 0.1) is 0 Å². The molecular formula is C15H14N2O2. The Labute approximate surface area is 110 Å². The standard InChI is InChI=1S/C15H14N2O2/c1-2-19-12-6-3-10(4-7-12)15-16-13-8-5-11(18)9-14(13)17-15/h3-9,18H,2H2,1H3,(H,16,17). The average Bonchev–Trinajstić information content (AvgIpc) is 2.83. The molecule has 1 aromatic heterocycles. The summed E-state index contributed by atoms with van der Waals surface area (Å²) < 4.78 is 5.41. The van der Waals surface area contributed by atoms with Crippen LogP contribution in [0.15, 0.2) is 42.5 Å². The predicted molar refractivity (Wildman–Crippen MR) is 74.4 cm³/mol. The van der Waals surface area contributed by atoms with Gasteiger partial charge in [0.05, 0.1) is 17.6 Å². The van der Waals surface area contributed by atoms with Crippen LogP contribution in [0.5, 0.6) is 11.5 Å². The van der Waals surface area contributed by atoms with Crippen LogP contribution in [0.4, 0.5) is 0 Å². The first-order valence-corrected chi connectivity index (χ1v) is 6.18. The zero-order valence-corrected chi connectivity index (χ0v) is 10.6. The molecule has 1 heterocycles. The largest absolute Gasteiger partial charge is 0.508 e. The van der Waals surface area contributed by atoms with Crippen molar-refractivity contribution >= 4 is 11.0 Å². The van der Waals surface area contributed by atoms with E-state index in [1.54, 1.807) is 18.2 Å². The van der Waals surface area contributed by atoms with Gasteiger partial charge >= 0.3 is 0 Å². The fourth-order valence-corrected chi connectivity index (χ4v) is 2.01. The Morgan fingerprint density at radius 1 is 1.16 bits per heavy atom. The van der Waals surface area contributed by atoms with E-state index >= 15 is 0 Å². The van der Waals surface area contributed by atoms with Gasteiger partial charge in [-0.2, -0.15) is 0 Å². The van der Waals surface area contributed by atoms with E-state index in [2.05, 4.69) is 9.97 Å². The minimum Gasteiger partial charge on any atom is -0.508 e. The maximum atomic E-state index is 9.44.